The maximum atomic E-state index is 11.7. The molecule has 0 unspecified atom stereocenters. The molecular formula is C8H6ClF3N2O2. The lowest BCUT2D eigenvalue weighted by Gasteiger charge is -2.08. The lowest BCUT2D eigenvalue weighted by Crippen LogP contribution is -2.23. The fraction of sp³-hybridized carbons (Fsp3) is 0.250. The van der Waals surface area contributed by atoms with E-state index in [1.807, 2.05) is 5.32 Å². The van der Waals surface area contributed by atoms with E-state index in [1.54, 1.807) is 0 Å². The number of amides is 1. The second kappa shape index (κ2) is 5.02. The fourth-order valence-corrected chi connectivity index (χ4v) is 0.921. The number of halogens is 4. The molecule has 0 aliphatic carbocycles. The van der Waals surface area contributed by atoms with Gasteiger partial charge in [0.05, 0.1) is 0 Å². The first-order valence-corrected chi connectivity index (χ1v) is 4.37. The maximum absolute atomic E-state index is 11.7. The Balaban J connectivity index is 2.46. The Morgan fingerprint density at radius 2 is 2.25 bits per heavy atom. The second-order valence-corrected chi connectivity index (χ2v) is 3.11. The van der Waals surface area contributed by atoms with Crippen molar-refractivity contribution in [2.75, 3.05) is 11.9 Å². The largest absolute Gasteiger partial charge is 0.440 e. The highest BCUT2D eigenvalue weighted by atomic mass is 35.5. The van der Waals surface area contributed by atoms with Crippen LogP contribution in [0.3, 0.4) is 0 Å². The number of rotatable bonds is 2. The number of carbonyl (C=O) groups excluding carboxylic acids is 1. The second-order valence-electron chi connectivity index (χ2n) is 2.68. The van der Waals surface area contributed by atoms with Crippen LogP contribution in [0.5, 0.6) is 0 Å². The Bertz CT molecular complexity index is 384. The monoisotopic (exact) mass is 254 g/mol. The number of hydrogen-bond acceptors (Lipinski definition) is 3. The van der Waals surface area contributed by atoms with E-state index in [4.69, 9.17) is 11.6 Å². The van der Waals surface area contributed by atoms with Gasteiger partial charge in [0.15, 0.2) is 6.61 Å². The van der Waals surface area contributed by atoms with Gasteiger partial charge >= 0.3 is 12.3 Å². The van der Waals surface area contributed by atoms with Gasteiger partial charge in [0, 0.05) is 11.2 Å². The summed E-state index contributed by atoms with van der Waals surface area (Å²) in [4.78, 5) is 14.5. The SMILES string of the molecule is O=C(Nc1cc(Cl)ccn1)OCC(F)(F)F. The van der Waals surface area contributed by atoms with E-state index in [9.17, 15) is 18.0 Å². The summed E-state index contributed by atoms with van der Waals surface area (Å²) in [6, 6.07) is 2.73. The Morgan fingerprint density at radius 3 is 2.81 bits per heavy atom. The number of hydrogen-bond donors (Lipinski definition) is 1. The van der Waals surface area contributed by atoms with Gasteiger partial charge in [-0.15, -0.1) is 0 Å². The van der Waals surface area contributed by atoms with Gasteiger partial charge in [0.2, 0.25) is 0 Å². The number of nitrogens with one attached hydrogen (secondary N) is 1. The summed E-state index contributed by atoms with van der Waals surface area (Å²) >= 11 is 5.57. The van der Waals surface area contributed by atoms with E-state index in [1.165, 1.54) is 18.3 Å². The molecule has 1 aromatic rings. The summed E-state index contributed by atoms with van der Waals surface area (Å²) < 4.78 is 38.9. The third kappa shape index (κ3) is 4.83. The molecule has 0 saturated heterocycles. The first kappa shape index (κ1) is 12.6. The van der Waals surface area contributed by atoms with Crippen LogP contribution in [0.25, 0.3) is 0 Å². The van der Waals surface area contributed by atoms with Crippen molar-refractivity contribution in [1.29, 1.82) is 0 Å². The van der Waals surface area contributed by atoms with Gasteiger partial charge < -0.3 is 4.74 Å². The molecule has 1 rings (SSSR count). The van der Waals surface area contributed by atoms with Crippen LogP contribution in [0.2, 0.25) is 5.02 Å². The lowest BCUT2D eigenvalue weighted by molar-refractivity contribution is -0.159. The average Bonchev–Trinajstić information content (AvgIpc) is 2.14. The van der Waals surface area contributed by atoms with Crippen LogP contribution < -0.4 is 5.32 Å². The van der Waals surface area contributed by atoms with Crippen LogP contribution in [-0.4, -0.2) is 23.9 Å². The van der Waals surface area contributed by atoms with Gasteiger partial charge in [-0.3, -0.25) is 5.32 Å². The molecule has 0 aliphatic heterocycles. The predicted molar refractivity (Wildman–Crippen MR) is 50.3 cm³/mol. The third-order valence-electron chi connectivity index (χ3n) is 1.32. The van der Waals surface area contributed by atoms with Gasteiger partial charge in [-0.05, 0) is 12.1 Å². The van der Waals surface area contributed by atoms with Crippen molar-refractivity contribution >= 4 is 23.5 Å². The van der Waals surface area contributed by atoms with E-state index in [0.29, 0.717) is 5.02 Å². The highest BCUT2D eigenvalue weighted by molar-refractivity contribution is 6.30. The number of nitrogens with zero attached hydrogens (tertiary/aromatic N) is 1. The normalized spacial score (nSPS) is 11.0. The van der Waals surface area contributed by atoms with Crippen molar-refractivity contribution in [3.8, 4) is 0 Å². The van der Waals surface area contributed by atoms with Crippen molar-refractivity contribution < 1.29 is 22.7 Å². The van der Waals surface area contributed by atoms with Gasteiger partial charge in [-0.25, -0.2) is 9.78 Å². The molecule has 0 saturated carbocycles. The van der Waals surface area contributed by atoms with Crippen LogP contribution in [0, 0.1) is 0 Å². The zero-order valence-electron chi connectivity index (χ0n) is 7.71. The smallest absolute Gasteiger partial charge is 0.422 e. The van der Waals surface area contributed by atoms with Gasteiger partial charge in [-0.1, -0.05) is 11.6 Å². The number of pyridine rings is 1. The van der Waals surface area contributed by atoms with E-state index in [2.05, 4.69) is 9.72 Å². The highest BCUT2D eigenvalue weighted by Gasteiger charge is 2.29. The van der Waals surface area contributed by atoms with Crippen molar-refractivity contribution in [3.63, 3.8) is 0 Å². The molecule has 4 nitrogen and oxygen atoms in total. The predicted octanol–water partition coefficient (Wildman–Crippen LogP) is 2.85. The molecule has 1 heterocycles. The van der Waals surface area contributed by atoms with Crippen molar-refractivity contribution in [3.05, 3.63) is 23.4 Å². The van der Waals surface area contributed by atoms with Crippen molar-refractivity contribution in [1.82, 2.24) is 4.98 Å². The number of ether oxygens (including phenoxy) is 1. The highest BCUT2D eigenvalue weighted by Crippen LogP contribution is 2.15. The molecule has 0 aliphatic rings. The molecule has 88 valence electrons. The summed E-state index contributed by atoms with van der Waals surface area (Å²) in [6.07, 6.45) is -4.51. The molecule has 16 heavy (non-hydrogen) atoms. The van der Waals surface area contributed by atoms with Crippen molar-refractivity contribution in [2.45, 2.75) is 6.18 Å². The van der Waals surface area contributed by atoms with E-state index in [-0.39, 0.29) is 5.82 Å². The number of aromatic nitrogens is 1. The molecular weight excluding hydrogens is 249 g/mol. The summed E-state index contributed by atoms with van der Waals surface area (Å²) in [5.74, 6) is 0.0136. The lowest BCUT2D eigenvalue weighted by atomic mass is 10.4. The topological polar surface area (TPSA) is 51.2 Å². The van der Waals surface area contributed by atoms with Gasteiger partial charge in [0.1, 0.15) is 5.82 Å². The molecule has 8 heteroatoms. The van der Waals surface area contributed by atoms with Crippen LogP contribution in [0.1, 0.15) is 0 Å². The quantitative estimate of drug-likeness (QED) is 0.883. The average molecular weight is 255 g/mol. The fourth-order valence-electron chi connectivity index (χ4n) is 0.761. The molecule has 0 aromatic carbocycles. The summed E-state index contributed by atoms with van der Waals surface area (Å²) in [5, 5.41) is 2.29. The molecule has 1 amide bonds. The molecule has 0 atom stereocenters. The third-order valence-corrected chi connectivity index (χ3v) is 1.55. The molecule has 0 spiro atoms. The van der Waals surface area contributed by atoms with Gasteiger partial charge in [0.25, 0.3) is 0 Å². The zero-order chi connectivity index (χ0) is 12.2. The van der Waals surface area contributed by atoms with E-state index >= 15 is 0 Å². The first-order valence-electron chi connectivity index (χ1n) is 3.99. The maximum Gasteiger partial charge on any atom is 0.422 e. The molecule has 0 radical (unpaired) electrons. The first-order chi connectivity index (χ1) is 7.37. The minimum Gasteiger partial charge on any atom is -0.440 e. The van der Waals surface area contributed by atoms with E-state index in [0.717, 1.165) is 0 Å². The Hall–Kier alpha value is -1.50. The Kier molecular flexibility index (Phi) is 3.94. The molecule has 1 N–H and O–H groups in total. The van der Waals surface area contributed by atoms with Crippen LogP contribution >= 0.6 is 11.6 Å². The van der Waals surface area contributed by atoms with Crippen LogP contribution in [0.4, 0.5) is 23.8 Å². The van der Waals surface area contributed by atoms with Gasteiger partial charge in [-0.2, -0.15) is 13.2 Å². The van der Waals surface area contributed by atoms with E-state index < -0.39 is 18.9 Å². The van der Waals surface area contributed by atoms with Crippen LogP contribution in [0.15, 0.2) is 18.3 Å². The minimum absolute atomic E-state index is 0.0136. The summed E-state index contributed by atoms with van der Waals surface area (Å²) in [7, 11) is 0. The number of carbonyl (C=O) groups is 1. The molecule has 0 fully saturated rings. The summed E-state index contributed by atoms with van der Waals surface area (Å²) in [5.41, 5.74) is 0. The number of alkyl halides is 3. The zero-order valence-corrected chi connectivity index (χ0v) is 8.47. The molecule has 1 aromatic heterocycles. The molecule has 0 bridgehead atoms. The summed E-state index contributed by atoms with van der Waals surface area (Å²) in [6.45, 7) is -1.65. The Labute approximate surface area is 93.4 Å². The standard InChI is InChI=1S/C8H6ClF3N2O2/c9-5-1-2-13-6(3-5)14-7(15)16-4-8(10,11)12/h1-3H,4H2,(H,13,14,15). The van der Waals surface area contributed by atoms with Crippen molar-refractivity contribution in [2.24, 2.45) is 0 Å². The van der Waals surface area contributed by atoms with Crippen LogP contribution in [-0.2, 0) is 4.74 Å². The number of anilines is 1. The minimum atomic E-state index is -4.56. The Morgan fingerprint density at radius 1 is 1.56 bits per heavy atom.